The van der Waals surface area contributed by atoms with Gasteiger partial charge in [-0.25, -0.2) is 0 Å². The van der Waals surface area contributed by atoms with Gasteiger partial charge >= 0.3 is 5.97 Å². The number of hydrogen-bond acceptors (Lipinski definition) is 7. The number of aromatic nitrogens is 2. The van der Waals surface area contributed by atoms with Gasteiger partial charge in [-0.05, 0) is 75.6 Å². The van der Waals surface area contributed by atoms with E-state index < -0.39 is 11.5 Å². The lowest BCUT2D eigenvalue weighted by molar-refractivity contribution is -0.145. The predicted octanol–water partition coefficient (Wildman–Crippen LogP) is 5.19. The van der Waals surface area contributed by atoms with Gasteiger partial charge in [0.2, 0.25) is 5.82 Å². The lowest BCUT2D eigenvalue weighted by Gasteiger charge is -2.29. The Bertz CT molecular complexity index is 1160. The Labute approximate surface area is 203 Å². The number of nitrogens with zero attached hydrogens (tertiary/aromatic N) is 2. The fourth-order valence-electron chi connectivity index (χ4n) is 4.43. The van der Waals surface area contributed by atoms with Gasteiger partial charge in [0.05, 0.1) is 11.1 Å². The Kier molecular flexibility index (Phi) is 6.81. The second kappa shape index (κ2) is 9.64. The fourth-order valence-corrected chi connectivity index (χ4v) is 4.66. The summed E-state index contributed by atoms with van der Waals surface area (Å²) in [5.41, 5.74) is 6.36. The van der Waals surface area contributed by atoms with Crippen LogP contribution in [0.3, 0.4) is 0 Å². The van der Waals surface area contributed by atoms with Crippen molar-refractivity contribution in [2.45, 2.75) is 57.8 Å². The van der Waals surface area contributed by atoms with E-state index in [1.54, 1.807) is 24.3 Å². The molecule has 1 saturated carbocycles. The van der Waals surface area contributed by atoms with Crippen LogP contribution in [0.4, 0.5) is 0 Å². The summed E-state index contributed by atoms with van der Waals surface area (Å²) in [6.07, 6.45) is 1.39. The number of aliphatic carboxylic acids is 1. The molecule has 34 heavy (non-hydrogen) atoms. The molecule has 0 radical (unpaired) electrons. The van der Waals surface area contributed by atoms with Gasteiger partial charge in [-0.15, -0.1) is 0 Å². The summed E-state index contributed by atoms with van der Waals surface area (Å²) in [5.74, 6) is 0.776. The zero-order valence-corrected chi connectivity index (χ0v) is 20.1. The first-order valence-corrected chi connectivity index (χ1v) is 11.7. The van der Waals surface area contributed by atoms with Crippen LogP contribution < -0.4 is 15.2 Å². The molecule has 3 unspecified atom stereocenters. The van der Waals surface area contributed by atoms with Crippen LogP contribution in [0.15, 0.2) is 47.0 Å². The van der Waals surface area contributed by atoms with E-state index in [0.717, 1.165) is 5.56 Å². The van der Waals surface area contributed by atoms with Gasteiger partial charge in [-0.1, -0.05) is 23.7 Å². The second-order valence-corrected chi connectivity index (χ2v) is 9.22. The highest BCUT2D eigenvalue weighted by atomic mass is 35.5. The van der Waals surface area contributed by atoms with Crippen LogP contribution in [0.5, 0.6) is 11.5 Å². The van der Waals surface area contributed by atoms with Gasteiger partial charge in [0.15, 0.2) is 0 Å². The first kappa shape index (κ1) is 24.0. The highest BCUT2D eigenvalue weighted by Crippen LogP contribution is 2.39. The van der Waals surface area contributed by atoms with E-state index in [1.165, 1.54) is 0 Å². The average Bonchev–Trinajstić information content (AvgIpc) is 3.41. The molecular weight excluding hydrogens is 458 g/mol. The minimum atomic E-state index is -1.25. The molecule has 3 atom stereocenters. The quantitative estimate of drug-likeness (QED) is 0.447. The Hall–Kier alpha value is -3.10. The van der Waals surface area contributed by atoms with Crippen LogP contribution in [0.25, 0.3) is 22.8 Å². The molecule has 2 aromatic carbocycles. The van der Waals surface area contributed by atoms with E-state index in [2.05, 4.69) is 10.1 Å². The molecule has 8 nitrogen and oxygen atoms in total. The lowest BCUT2D eigenvalue weighted by atomic mass is 9.85. The van der Waals surface area contributed by atoms with Crippen molar-refractivity contribution in [1.82, 2.24) is 10.1 Å². The van der Waals surface area contributed by atoms with Crippen molar-refractivity contribution in [1.29, 1.82) is 0 Å². The highest BCUT2D eigenvalue weighted by Gasteiger charge is 2.51. The molecule has 4 rings (SSSR count). The minimum absolute atomic E-state index is 0.0172. The minimum Gasteiger partial charge on any atom is -0.490 e. The maximum Gasteiger partial charge on any atom is 0.324 e. The van der Waals surface area contributed by atoms with Crippen LogP contribution in [0.2, 0.25) is 5.02 Å². The molecule has 1 aliphatic carbocycles. The highest BCUT2D eigenvalue weighted by molar-refractivity contribution is 6.32. The number of hydrogen-bond donors (Lipinski definition) is 2. The first-order chi connectivity index (χ1) is 16.2. The van der Waals surface area contributed by atoms with Crippen LogP contribution in [0, 0.1) is 5.92 Å². The maximum atomic E-state index is 11.7. The molecule has 0 spiro atoms. The van der Waals surface area contributed by atoms with Gasteiger partial charge in [0.25, 0.3) is 5.89 Å². The Morgan fingerprint density at radius 1 is 1.26 bits per heavy atom. The van der Waals surface area contributed by atoms with Gasteiger partial charge in [-0.3, -0.25) is 4.79 Å². The molecule has 0 bridgehead atoms. The molecule has 1 aromatic heterocycles. The number of benzene rings is 2. The van der Waals surface area contributed by atoms with E-state index in [9.17, 15) is 9.90 Å². The number of carboxylic acid groups (broad SMARTS) is 1. The summed E-state index contributed by atoms with van der Waals surface area (Å²) >= 11 is 6.32. The number of ether oxygens (including phenoxy) is 2. The first-order valence-electron chi connectivity index (χ1n) is 11.3. The summed E-state index contributed by atoms with van der Waals surface area (Å²) < 4.78 is 17.2. The summed E-state index contributed by atoms with van der Waals surface area (Å²) in [4.78, 5) is 16.1. The smallest absolute Gasteiger partial charge is 0.324 e. The molecule has 3 N–H and O–H groups in total. The van der Waals surface area contributed by atoms with Crippen LogP contribution in [-0.2, 0) is 4.79 Å². The Morgan fingerprint density at radius 2 is 1.97 bits per heavy atom. The summed E-state index contributed by atoms with van der Waals surface area (Å²) in [6.45, 7) is 5.80. The third-order valence-electron chi connectivity index (χ3n) is 6.16. The number of carbonyl (C=O) groups is 1. The normalized spacial score (nSPS) is 22.2. The predicted molar refractivity (Wildman–Crippen MR) is 128 cm³/mol. The Balaban J connectivity index is 1.46. The molecule has 0 aliphatic heterocycles. The van der Waals surface area contributed by atoms with Gasteiger partial charge in [-0.2, -0.15) is 4.98 Å². The largest absolute Gasteiger partial charge is 0.490 e. The average molecular weight is 486 g/mol. The third-order valence-corrected chi connectivity index (χ3v) is 6.45. The zero-order chi connectivity index (χ0) is 24.5. The van der Waals surface area contributed by atoms with E-state index in [0.29, 0.717) is 53.1 Å². The zero-order valence-electron chi connectivity index (χ0n) is 19.3. The molecule has 1 aliphatic rings. The number of carboxylic acids is 1. The van der Waals surface area contributed by atoms with Crippen LogP contribution in [-0.4, -0.2) is 39.0 Å². The number of rotatable bonds is 8. The third kappa shape index (κ3) is 4.74. The van der Waals surface area contributed by atoms with E-state index in [1.807, 2.05) is 39.0 Å². The molecule has 3 aromatic rings. The van der Waals surface area contributed by atoms with E-state index >= 15 is 0 Å². The maximum absolute atomic E-state index is 11.7. The van der Waals surface area contributed by atoms with Crippen molar-refractivity contribution in [3.05, 3.63) is 47.5 Å². The number of halogens is 1. The van der Waals surface area contributed by atoms with Gasteiger partial charge in [0.1, 0.15) is 23.1 Å². The molecular formula is C25H28ClN3O5. The summed E-state index contributed by atoms with van der Waals surface area (Å²) in [5, 5.41) is 14.1. The second-order valence-electron chi connectivity index (χ2n) is 8.81. The molecule has 9 heteroatoms. The van der Waals surface area contributed by atoms with Crippen molar-refractivity contribution < 1.29 is 23.9 Å². The van der Waals surface area contributed by atoms with Crippen molar-refractivity contribution in [3.8, 4) is 34.3 Å². The van der Waals surface area contributed by atoms with Crippen molar-refractivity contribution in [2.75, 3.05) is 0 Å². The van der Waals surface area contributed by atoms with Crippen LogP contribution >= 0.6 is 11.6 Å². The SMILES string of the molecule is CCC1C(Oc2ccc(-c3nc(-c4ccc(OC(C)C)c(Cl)c4)no3)cc2)CCC1(N)C(=O)O. The van der Waals surface area contributed by atoms with Gasteiger partial charge in [0, 0.05) is 17.0 Å². The fraction of sp³-hybridized carbons (Fsp3) is 0.400. The van der Waals surface area contributed by atoms with E-state index in [4.69, 9.17) is 31.3 Å². The number of nitrogens with two attached hydrogens (primary N) is 1. The molecule has 1 heterocycles. The molecule has 0 saturated heterocycles. The summed E-state index contributed by atoms with van der Waals surface area (Å²) in [6, 6.07) is 12.6. The van der Waals surface area contributed by atoms with Crippen molar-refractivity contribution in [2.24, 2.45) is 11.7 Å². The lowest BCUT2D eigenvalue weighted by Crippen LogP contribution is -2.53. The molecule has 1 fully saturated rings. The van der Waals surface area contributed by atoms with Crippen LogP contribution in [0.1, 0.15) is 40.0 Å². The van der Waals surface area contributed by atoms with Crippen molar-refractivity contribution in [3.63, 3.8) is 0 Å². The topological polar surface area (TPSA) is 121 Å². The monoisotopic (exact) mass is 485 g/mol. The summed E-state index contributed by atoms with van der Waals surface area (Å²) in [7, 11) is 0. The van der Waals surface area contributed by atoms with Crippen molar-refractivity contribution >= 4 is 17.6 Å². The molecule has 180 valence electrons. The van der Waals surface area contributed by atoms with Gasteiger partial charge < -0.3 is 24.8 Å². The Morgan fingerprint density at radius 3 is 2.59 bits per heavy atom. The molecule has 0 amide bonds. The standard InChI is InChI=1S/C25H28ClN3O5/c1-4-18-20(11-12-25(18,27)24(30)31)33-17-8-5-15(6-9-17)23-28-22(29-34-23)16-7-10-21(19(26)13-16)32-14(2)3/h5-10,13-14,18,20H,4,11-12,27H2,1-3H3,(H,30,31). The van der Waals surface area contributed by atoms with E-state index in [-0.39, 0.29) is 18.1 Å².